The Labute approximate surface area is 196 Å². The number of carbonyl (C=O) groups excluding carboxylic acids is 2. The molecule has 2 amide bonds. The third-order valence-electron chi connectivity index (χ3n) is 4.48. The molecule has 0 aliphatic heterocycles. The maximum atomic E-state index is 12.3. The summed E-state index contributed by atoms with van der Waals surface area (Å²) in [5.74, 6) is 0.0142. The molecule has 32 heavy (non-hydrogen) atoms. The van der Waals surface area contributed by atoms with Gasteiger partial charge in [0.25, 0.3) is 11.6 Å². The van der Waals surface area contributed by atoms with E-state index in [1.165, 1.54) is 23.9 Å². The number of aryl methyl sites for hydroxylation is 1. The average molecular weight is 519 g/mol. The van der Waals surface area contributed by atoms with Gasteiger partial charge in [-0.2, -0.15) is 0 Å². The largest absolute Gasteiger partial charge is 0.345 e. The van der Waals surface area contributed by atoms with Gasteiger partial charge < -0.3 is 15.2 Å². The number of anilines is 1. The molecule has 3 rings (SSSR count). The standard InChI is InChI=1S/C20H19BrN6O4S/c1-12-3-8-15(27(30)31)9-16(12)23-18(28)11-32-20-25-24-17(26(20)2)10-22-19(29)13-4-6-14(21)7-5-13/h3-9H,10-11H2,1-2H3,(H,22,29)(H,23,28). The van der Waals surface area contributed by atoms with Crippen molar-refractivity contribution in [2.24, 2.45) is 7.05 Å². The molecule has 0 unspecified atom stereocenters. The molecule has 2 aromatic carbocycles. The van der Waals surface area contributed by atoms with Crippen LogP contribution in [0.1, 0.15) is 21.7 Å². The van der Waals surface area contributed by atoms with Gasteiger partial charge in [-0.25, -0.2) is 0 Å². The molecule has 1 heterocycles. The maximum Gasteiger partial charge on any atom is 0.271 e. The highest BCUT2D eigenvalue weighted by Crippen LogP contribution is 2.23. The lowest BCUT2D eigenvalue weighted by Gasteiger charge is -2.08. The fourth-order valence-electron chi connectivity index (χ4n) is 2.66. The smallest absolute Gasteiger partial charge is 0.271 e. The molecular weight excluding hydrogens is 500 g/mol. The second-order valence-corrected chi connectivity index (χ2v) is 8.60. The van der Waals surface area contributed by atoms with E-state index in [2.05, 4.69) is 36.8 Å². The summed E-state index contributed by atoms with van der Waals surface area (Å²) < 4.78 is 2.58. The number of halogens is 1. The number of hydrogen-bond donors (Lipinski definition) is 2. The van der Waals surface area contributed by atoms with Crippen LogP contribution in [0.5, 0.6) is 0 Å². The minimum atomic E-state index is -0.513. The molecule has 166 valence electrons. The van der Waals surface area contributed by atoms with Gasteiger partial charge in [0.15, 0.2) is 11.0 Å². The second-order valence-electron chi connectivity index (χ2n) is 6.74. The summed E-state index contributed by atoms with van der Waals surface area (Å²) in [4.78, 5) is 35.0. The van der Waals surface area contributed by atoms with Crippen LogP contribution in [-0.2, 0) is 18.4 Å². The molecule has 0 radical (unpaired) electrons. The zero-order valence-electron chi connectivity index (χ0n) is 17.2. The highest BCUT2D eigenvalue weighted by Gasteiger charge is 2.15. The average Bonchev–Trinajstić information content (AvgIpc) is 3.11. The van der Waals surface area contributed by atoms with E-state index >= 15 is 0 Å². The number of aromatic nitrogens is 3. The third-order valence-corrected chi connectivity index (χ3v) is 6.03. The summed E-state index contributed by atoms with van der Waals surface area (Å²) >= 11 is 4.50. The number of non-ortho nitro benzene ring substituents is 1. The van der Waals surface area contributed by atoms with Gasteiger partial charge in [-0.3, -0.25) is 19.7 Å². The predicted octanol–water partition coefficient (Wildman–Crippen LogP) is 3.46. The molecule has 2 N–H and O–H groups in total. The van der Waals surface area contributed by atoms with E-state index in [-0.39, 0.29) is 29.8 Å². The number of nitrogens with zero attached hydrogens (tertiary/aromatic N) is 4. The van der Waals surface area contributed by atoms with Crippen molar-refractivity contribution >= 4 is 50.9 Å². The number of hydrogen-bond acceptors (Lipinski definition) is 7. The van der Waals surface area contributed by atoms with Crippen LogP contribution in [0.3, 0.4) is 0 Å². The lowest BCUT2D eigenvalue weighted by atomic mass is 10.2. The van der Waals surface area contributed by atoms with Gasteiger partial charge in [-0.15, -0.1) is 10.2 Å². The van der Waals surface area contributed by atoms with Crippen molar-refractivity contribution in [3.05, 3.63) is 74.0 Å². The molecule has 0 saturated carbocycles. The molecule has 1 aromatic heterocycles. The van der Waals surface area contributed by atoms with Gasteiger partial charge in [0.1, 0.15) is 0 Å². The number of nitro benzene ring substituents is 1. The Morgan fingerprint density at radius 1 is 1.19 bits per heavy atom. The Morgan fingerprint density at radius 2 is 1.91 bits per heavy atom. The van der Waals surface area contributed by atoms with Crippen LogP contribution >= 0.6 is 27.7 Å². The summed E-state index contributed by atoms with van der Waals surface area (Å²) in [6.45, 7) is 1.93. The van der Waals surface area contributed by atoms with Crippen molar-refractivity contribution in [3.8, 4) is 0 Å². The fraction of sp³-hybridized carbons (Fsp3) is 0.200. The zero-order valence-corrected chi connectivity index (χ0v) is 19.6. The van der Waals surface area contributed by atoms with Gasteiger partial charge in [-0.1, -0.05) is 33.8 Å². The zero-order chi connectivity index (χ0) is 23.3. The van der Waals surface area contributed by atoms with Gasteiger partial charge in [0.2, 0.25) is 5.91 Å². The first-order valence-corrected chi connectivity index (χ1v) is 11.1. The van der Waals surface area contributed by atoms with E-state index in [1.54, 1.807) is 48.9 Å². The molecule has 0 spiro atoms. The normalized spacial score (nSPS) is 10.6. The summed E-state index contributed by atoms with van der Waals surface area (Å²) in [6, 6.07) is 11.3. The number of thioether (sulfide) groups is 1. The van der Waals surface area contributed by atoms with Crippen LogP contribution < -0.4 is 10.6 Å². The van der Waals surface area contributed by atoms with Crippen LogP contribution in [0.15, 0.2) is 52.1 Å². The summed E-state index contributed by atoms with van der Waals surface area (Å²) in [5.41, 5.74) is 1.54. The quantitative estimate of drug-likeness (QED) is 0.265. The molecule has 0 atom stereocenters. The summed E-state index contributed by atoms with van der Waals surface area (Å²) in [7, 11) is 1.74. The highest BCUT2D eigenvalue weighted by atomic mass is 79.9. The number of nitro groups is 1. The highest BCUT2D eigenvalue weighted by molar-refractivity contribution is 9.10. The topological polar surface area (TPSA) is 132 Å². The van der Waals surface area contributed by atoms with E-state index in [4.69, 9.17) is 0 Å². The molecule has 10 nitrogen and oxygen atoms in total. The first-order chi connectivity index (χ1) is 15.2. The van der Waals surface area contributed by atoms with Crippen LogP contribution in [0.25, 0.3) is 0 Å². The lowest BCUT2D eigenvalue weighted by Crippen LogP contribution is -2.24. The fourth-order valence-corrected chi connectivity index (χ4v) is 3.66. The predicted molar refractivity (Wildman–Crippen MR) is 124 cm³/mol. The van der Waals surface area contributed by atoms with E-state index in [0.717, 1.165) is 10.0 Å². The van der Waals surface area contributed by atoms with Gasteiger partial charge in [0.05, 0.1) is 22.9 Å². The molecule has 0 aliphatic carbocycles. The van der Waals surface area contributed by atoms with Crippen molar-refractivity contribution in [2.45, 2.75) is 18.6 Å². The third kappa shape index (κ3) is 5.92. The summed E-state index contributed by atoms with van der Waals surface area (Å²) in [5, 5.41) is 25.0. The number of carbonyl (C=O) groups is 2. The van der Waals surface area contributed by atoms with Crippen molar-refractivity contribution in [1.29, 1.82) is 0 Å². The summed E-state index contributed by atoms with van der Waals surface area (Å²) in [6.07, 6.45) is 0. The van der Waals surface area contributed by atoms with Crippen molar-refractivity contribution in [2.75, 3.05) is 11.1 Å². The SMILES string of the molecule is Cc1ccc([N+](=O)[O-])cc1NC(=O)CSc1nnc(CNC(=O)c2ccc(Br)cc2)n1C. The Bertz CT molecular complexity index is 1170. The van der Waals surface area contributed by atoms with Gasteiger partial charge in [-0.05, 0) is 36.8 Å². The minimum Gasteiger partial charge on any atom is -0.345 e. The molecular formula is C20H19BrN6O4S. The van der Waals surface area contributed by atoms with Crippen LogP contribution in [0.4, 0.5) is 11.4 Å². The molecule has 3 aromatic rings. The number of nitrogens with one attached hydrogen (secondary N) is 2. The second kappa shape index (κ2) is 10.4. The first kappa shape index (κ1) is 23.4. The Balaban J connectivity index is 1.55. The van der Waals surface area contributed by atoms with E-state index in [0.29, 0.717) is 22.2 Å². The molecule has 0 bridgehead atoms. The molecule has 12 heteroatoms. The number of benzene rings is 2. The number of amides is 2. The molecule has 0 aliphatic rings. The van der Waals surface area contributed by atoms with Gasteiger partial charge >= 0.3 is 0 Å². The van der Waals surface area contributed by atoms with Crippen molar-refractivity contribution in [3.63, 3.8) is 0 Å². The molecule has 0 saturated heterocycles. The van der Waals surface area contributed by atoms with E-state index < -0.39 is 4.92 Å². The monoisotopic (exact) mass is 518 g/mol. The lowest BCUT2D eigenvalue weighted by molar-refractivity contribution is -0.384. The van der Waals surface area contributed by atoms with E-state index in [9.17, 15) is 19.7 Å². The Morgan fingerprint density at radius 3 is 2.59 bits per heavy atom. The number of rotatable bonds is 8. The Hall–Kier alpha value is -3.25. The van der Waals surface area contributed by atoms with Crippen LogP contribution in [-0.4, -0.2) is 37.3 Å². The maximum absolute atomic E-state index is 12.3. The van der Waals surface area contributed by atoms with Gasteiger partial charge in [0, 0.05) is 29.2 Å². The van der Waals surface area contributed by atoms with E-state index in [1.807, 2.05) is 0 Å². The van der Waals surface area contributed by atoms with Crippen LogP contribution in [0.2, 0.25) is 0 Å². The van der Waals surface area contributed by atoms with Crippen molar-refractivity contribution < 1.29 is 14.5 Å². The van der Waals surface area contributed by atoms with Crippen molar-refractivity contribution in [1.82, 2.24) is 20.1 Å². The van der Waals surface area contributed by atoms with Crippen LogP contribution in [0, 0.1) is 17.0 Å². The first-order valence-electron chi connectivity index (χ1n) is 9.34. The Kier molecular flexibility index (Phi) is 7.59. The molecule has 0 fully saturated rings. The minimum absolute atomic E-state index is 0.0410.